The van der Waals surface area contributed by atoms with E-state index >= 15 is 0 Å². The number of carbonyl (C=O) groups is 1. The van der Waals surface area contributed by atoms with Gasteiger partial charge < -0.3 is 13.9 Å². The first-order valence-electron chi connectivity index (χ1n) is 9.92. The number of thioether (sulfide) groups is 1. The van der Waals surface area contributed by atoms with Crippen LogP contribution < -0.4 is 0 Å². The van der Waals surface area contributed by atoms with Crippen molar-refractivity contribution in [1.82, 2.24) is 19.4 Å². The fourth-order valence-corrected chi connectivity index (χ4v) is 4.67. The maximum Gasteiger partial charge on any atom is 0.257 e. The molecule has 2 aromatic heterocycles. The van der Waals surface area contributed by atoms with Crippen molar-refractivity contribution in [1.29, 1.82) is 0 Å². The zero-order valence-electron chi connectivity index (χ0n) is 16.0. The number of oxazole rings is 1. The molecule has 29 heavy (non-hydrogen) atoms. The number of hydrogen-bond donors (Lipinski definition) is 0. The first-order chi connectivity index (χ1) is 14.3. The Morgan fingerprint density at radius 2 is 1.83 bits per heavy atom. The first kappa shape index (κ1) is 18.2. The van der Waals surface area contributed by atoms with E-state index in [1.165, 1.54) is 17.3 Å². The van der Waals surface area contributed by atoms with Gasteiger partial charge >= 0.3 is 0 Å². The molecule has 5 rings (SSSR count). The van der Waals surface area contributed by atoms with Gasteiger partial charge in [0.25, 0.3) is 5.22 Å². The Bertz CT molecular complexity index is 1110. The number of benzene rings is 2. The molecule has 0 spiro atoms. The summed E-state index contributed by atoms with van der Waals surface area (Å²) in [7, 11) is 0. The lowest BCUT2D eigenvalue weighted by atomic mass is 9.96. The average Bonchev–Trinajstić information content (AvgIpc) is 3.36. The largest absolute Gasteiger partial charge is 0.431 e. The van der Waals surface area contributed by atoms with E-state index in [4.69, 9.17) is 4.42 Å². The molecule has 1 amide bonds. The van der Waals surface area contributed by atoms with Gasteiger partial charge in [-0.05, 0) is 43.0 Å². The van der Waals surface area contributed by atoms with Crippen LogP contribution in [0, 0.1) is 5.92 Å². The molecule has 0 aliphatic carbocycles. The summed E-state index contributed by atoms with van der Waals surface area (Å²) < 4.78 is 7.93. The number of hydrogen-bond acceptors (Lipinski definition) is 5. The summed E-state index contributed by atoms with van der Waals surface area (Å²) in [6.07, 6.45) is 3.97. The maximum atomic E-state index is 12.6. The normalized spacial score (nSPS) is 15.4. The summed E-state index contributed by atoms with van der Waals surface area (Å²) in [5, 5.41) is 0.557. The maximum absolute atomic E-state index is 12.6. The molecular formula is C22H22N4O2S. The molecule has 1 saturated heterocycles. The number of para-hydroxylation sites is 4. The summed E-state index contributed by atoms with van der Waals surface area (Å²) in [6, 6.07) is 15.9. The summed E-state index contributed by atoms with van der Waals surface area (Å²) >= 11 is 1.37. The number of carbonyl (C=O) groups excluding carboxylic acids is 1. The van der Waals surface area contributed by atoms with Crippen LogP contribution in [0.3, 0.4) is 0 Å². The van der Waals surface area contributed by atoms with E-state index in [1.54, 1.807) is 0 Å². The monoisotopic (exact) mass is 406 g/mol. The van der Waals surface area contributed by atoms with Gasteiger partial charge in [-0.15, -0.1) is 0 Å². The van der Waals surface area contributed by atoms with Crippen molar-refractivity contribution in [3.63, 3.8) is 0 Å². The van der Waals surface area contributed by atoms with Crippen LogP contribution in [0.5, 0.6) is 0 Å². The van der Waals surface area contributed by atoms with Crippen LogP contribution in [-0.4, -0.2) is 44.2 Å². The Hall–Kier alpha value is -2.80. The first-order valence-corrected chi connectivity index (χ1v) is 10.9. The summed E-state index contributed by atoms with van der Waals surface area (Å²) in [4.78, 5) is 23.5. The van der Waals surface area contributed by atoms with Crippen LogP contribution in [0.4, 0.5) is 0 Å². The van der Waals surface area contributed by atoms with Crippen LogP contribution in [0.25, 0.3) is 22.1 Å². The fraction of sp³-hybridized carbons (Fsp3) is 0.318. The van der Waals surface area contributed by atoms with Gasteiger partial charge in [-0.3, -0.25) is 4.79 Å². The third kappa shape index (κ3) is 3.87. The quantitative estimate of drug-likeness (QED) is 0.465. The molecule has 0 radical (unpaired) electrons. The average molecular weight is 407 g/mol. The number of imidazole rings is 1. The van der Waals surface area contributed by atoms with Gasteiger partial charge in [0.2, 0.25) is 5.91 Å². The molecule has 0 bridgehead atoms. The highest BCUT2D eigenvalue weighted by Crippen LogP contribution is 2.25. The minimum atomic E-state index is 0.156. The minimum Gasteiger partial charge on any atom is -0.431 e. The molecule has 7 heteroatoms. The number of aromatic nitrogens is 3. The van der Waals surface area contributed by atoms with Crippen molar-refractivity contribution in [2.75, 3.05) is 18.8 Å². The molecule has 4 aromatic rings. The molecule has 0 saturated carbocycles. The van der Waals surface area contributed by atoms with E-state index in [1.807, 2.05) is 47.6 Å². The highest BCUT2D eigenvalue weighted by molar-refractivity contribution is 7.99. The van der Waals surface area contributed by atoms with Gasteiger partial charge in [0.15, 0.2) is 5.58 Å². The number of piperidine rings is 1. The molecule has 0 N–H and O–H groups in total. The van der Waals surface area contributed by atoms with Crippen LogP contribution in [0.1, 0.15) is 12.8 Å². The molecule has 1 aliphatic rings. The lowest BCUT2D eigenvalue weighted by Crippen LogP contribution is -2.40. The number of likely N-dealkylation sites (tertiary alicyclic amines) is 1. The SMILES string of the molecule is O=C(CSc1nc2ccccc2o1)N1CCC(Cn2cnc3ccccc32)CC1. The van der Waals surface area contributed by atoms with Crippen molar-refractivity contribution in [3.8, 4) is 0 Å². The molecule has 3 heterocycles. The fourth-order valence-electron chi connectivity index (χ4n) is 3.93. The van der Waals surface area contributed by atoms with E-state index < -0.39 is 0 Å². The van der Waals surface area contributed by atoms with Crippen LogP contribution in [0.2, 0.25) is 0 Å². The van der Waals surface area contributed by atoms with Crippen LogP contribution in [0.15, 0.2) is 64.5 Å². The molecule has 148 valence electrons. The van der Waals surface area contributed by atoms with Gasteiger partial charge in [-0.1, -0.05) is 36.0 Å². The Labute approximate surface area is 172 Å². The number of rotatable bonds is 5. The van der Waals surface area contributed by atoms with Crippen molar-refractivity contribution in [3.05, 3.63) is 54.9 Å². The molecule has 0 unspecified atom stereocenters. The second kappa shape index (κ2) is 7.91. The molecule has 6 nitrogen and oxygen atoms in total. The lowest BCUT2D eigenvalue weighted by molar-refractivity contribution is -0.129. The summed E-state index contributed by atoms with van der Waals surface area (Å²) in [6.45, 7) is 2.58. The molecule has 2 aromatic carbocycles. The molecule has 1 fully saturated rings. The Balaban J connectivity index is 1.13. The van der Waals surface area contributed by atoms with Crippen molar-refractivity contribution >= 4 is 39.8 Å². The topological polar surface area (TPSA) is 64.2 Å². The number of fused-ring (bicyclic) bond motifs is 2. The zero-order chi connectivity index (χ0) is 19.6. The minimum absolute atomic E-state index is 0.156. The van der Waals surface area contributed by atoms with Gasteiger partial charge in [-0.25, -0.2) is 9.97 Å². The summed E-state index contributed by atoms with van der Waals surface area (Å²) in [5.74, 6) is 1.09. The van der Waals surface area contributed by atoms with Crippen molar-refractivity contribution in [2.24, 2.45) is 5.92 Å². The van der Waals surface area contributed by atoms with E-state index in [0.717, 1.165) is 49.1 Å². The van der Waals surface area contributed by atoms with E-state index in [-0.39, 0.29) is 5.91 Å². The Kier molecular flexibility index (Phi) is 4.97. The van der Waals surface area contributed by atoms with Crippen LogP contribution >= 0.6 is 11.8 Å². The molecule has 1 aliphatic heterocycles. The third-order valence-electron chi connectivity index (χ3n) is 5.54. The highest BCUT2D eigenvalue weighted by atomic mass is 32.2. The predicted molar refractivity (Wildman–Crippen MR) is 114 cm³/mol. The van der Waals surface area contributed by atoms with Gasteiger partial charge in [0.1, 0.15) is 5.52 Å². The van der Waals surface area contributed by atoms with Crippen molar-refractivity contribution < 1.29 is 9.21 Å². The molecule has 0 atom stereocenters. The zero-order valence-corrected chi connectivity index (χ0v) is 16.8. The number of nitrogens with zero attached hydrogens (tertiary/aromatic N) is 4. The molecular weight excluding hydrogens is 384 g/mol. The lowest BCUT2D eigenvalue weighted by Gasteiger charge is -2.32. The third-order valence-corrected chi connectivity index (χ3v) is 6.36. The smallest absolute Gasteiger partial charge is 0.257 e. The standard InChI is InChI=1S/C22H22N4O2S/c27-21(14-29-22-24-18-6-2-4-8-20(18)28-22)25-11-9-16(10-12-25)13-26-15-23-17-5-1-3-7-19(17)26/h1-8,15-16H,9-14H2. The highest BCUT2D eigenvalue weighted by Gasteiger charge is 2.24. The second-order valence-corrected chi connectivity index (χ2v) is 8.37. The van der Waals surface area contributed by atoms with Gasteiger partial charge in [0.05, 0.1) is 23.1 Å². The van der Waals surface area contributed by atoms with E-state index in [0.29, 0.717) is 16.9 Å². The van der Waals surface area contributed by atoms with Crippen molar-refractivity contribution in [2.45, 2.75) is 24.6 Å². The number of amides is 1. The Morgan fingerprint density at radius 1 is 1.07 bits per heavy atom. The summed E-state index contributed by atoms with van der Waals surface area (Å²) in [5.41, 5.74) is 3.81. The van der Waals surface area contributed by atoms with E-state index in [9.17, 15) is 4.79 Å². The second-order valence-electron chi connectivity index (χ2n) is 7.45. The van der Waals surface area contributed by atoms with E-state index in [2.05, 4.69) is 26.7 Å². The van der Waals surface area contributed by atoms with Gasteiger partial charge in [-0.2, -0.15) is 0 Å². The van der Waals surface area contributed by atoms with Gasteiger partial charge in [0, 0.05) is 19.6 Å². The predicted octanol–water partition coefficient (Wildman–Crippen LogP) is 4.21. The Morgan fingerprint density at radius 3 is 2.66 bits per heavy atom. The van der Waals surface area contributed by atoms with Crippen LogP contribution in [-0.2, 0) is 11.3 Å².